The Labute approximate surface area is 111 Å². The Hall–Kier alpha value is -1.13. The van der Waals surface area contributed by atoms with Gasteiger partial charge in [0.1, 0.15) is 22.4 Å². The first-order chi connectivity index (χ1) is 8.99. The summed E-state index contributed by atoms with van der Waals surface area (Å²) in [5.74, 6) is -0.754. The summed E-state index contributed by atoms with van der Waals surface area (Å²) in [7, 11) is 0. The molecule has 0 bridgehead atoms. The molecule has 1 spiro atoms. The molecule has 2 saturated heterocycles. The molecular formula is C10H12FN3O4S. The maximum Gasteiger partial charge on any atom is 0.328 e. The molecule has 0 amide bonds. The molecule has 4 N–H and O–H groups in total. The van der Waals surface area contributed by atoms with Crippen molar-refractivity contribution in [2.75, 3.05) is 13.2 Å². The van der Waals surface area contributed by atoms with Gasteiger partial charge in [0.25, 0.3) is 0 Å². The van der Waals surface area contributed by atoms with E-state index >= 15 is 0 Å². The van der Waals surface area contributed by atoms with Crippen LogP contribution in [-0.2, 0) is 4.74 Å². The monoisotopic (exact) mass is 289 g/mol. The average Bonchev–Trinajstić information content (AvgIpc) is 3.11. The summed E-state index contributed by atoms with van der Waals surface area (Å²) >= 11 is 4.63. The van der Waals surface area contributed by atoms with Crippen LogP contribution in [0, 0.1) is 10.5 Å². The van der Waals surface area contributed by atoms with Gasteiger partial charge in [0.05, 0.1) is 12.8 Å². The Bertz CT molecular complexity index is 626. The molecule has 1 aromatic heterocycles. The van der Waals surface area contributed by atoms with Crippen molar-refractivity contribution in [3.05, 3.63) is 27.1 Å². The van der Waals surface area contributed by atoms with Gasteiger partial charge in [-0.05, 0) is 0 Å². The summed E-state index contributed by atoms with van der Waals surface area (Å²) in [6, 6.07) is 0. The molecule has 3 heterocycles. The lowest BCUT2D eigenvalue weighted by atomic mass is 10.00. The molecule has 2 fully saturated rings. The van der Waals surface area contributed by atoms with Crippen LogP contribution in [-0.4, -0.2) is 50.7 Å². The molecule has 4 atom stereocenters. The third-order valence-corrected chi connectivity index (χ3v) is 3.86. The summed E-state index contributed by atoms with van der Waals surface area (Å²) < 4.78 is 19.6. The van der Waals surface area contributed by atoms with E-state index in [-0.39, 0.29) is 11.2 Å². The van der Waals surface area contributed by atoms with Crippen LogP contribution in [0.2, 0.25) is 0 Å². The smallest absolute Gasteiger partial charge is 0.328 e. The van der Waals surface area contributed by atoms with Crippen LogP contribution >= 0.6 is 12.2 Å². The van der Waals surface area contributed by atoms with Gasteiger partial charge in [0, 0.05) is 6.54 Å². The van der Waals surface area contributed by atoms with E-state index in [0.717, 1.165) is 10.8 Å². The summed E-state index contributed by atoms with van der Waals surface area (Å²) in [5.41, 5.74) is -1.49. The minimum atomic E-state index is -0.972. The highest BCUT2D eigenvalue weighted by molar-refractivity contribution is 7.71. The second-order valence-corrected chi connectivity index (χ2v) is 5.10. The van der Waals surface area contributed by atoms with Crippen molar-refractivity contribution in [1.82, 2.24) is 14.9 Å². The van der Waals surface area contributed by atoms with Crippen LogP contribution in [0.25, 0.3) is 0 Å². The quantitative estimate of drug-likeness (QED) is 0.395. The summed E-state index contributed by atoms with van der Waals surface area (Å²) in [5, 5.41) is 22.1. The zero-order valence-corrected chi connectivity index (χ0v) is 10.5. The number of ether oxygens (including phenoxy) is 1. The first-order valence-electron chi connectivity index (χ1n) is 5.70. The number of rotatable bonds is 2. The molecule has 0 aromatic carbocycles. The molecule has 7 nitrogen and oxygen atoms in total. The number of hydrogen-bond acceptors (Lipinski definition) is 6. The third-order valence-electron chi connectivity index (χ3n) is 3.57. The van der Waals surface area contributed by atoms with Crippen LogP contribution in [0.5, 0.6) is 0 Å². The first-order valence-corrected chi connectivity index (χ1v) is 6.11. The lowest BCUT2D eigenvalue weighted by Crippen LogP contribution is -2.41. The van der Waals surface area contributed by atoms with Gasteiger partial charge in [-0.1, -0.05) is 12.2 Å². The number of H-pyrrole nitrogens is 1. The highest BCUT2D eigenvalue weighted by Crippen LogP contribution is 2.43. The SMILES string of the molecule is O=c1[nH]c(=S)c(F)cn1C1OC(CO)C(O)C12CN2. The number of aliphatic hydroxyl groups is 2. The minimum Gasteiger partial charge on any atom is -0.394 e. The number of aromatic nitrogens is 2. The van der Waals surface area contributed by atoms with Gasteiger partial charge < -0.3 is 20.3 Å². The van der Waals surface area contributed by atoms with E-state index < -0.39 is 35.5 Å². The van der Waals surface area contributed by atoms with Crippen molar-refractivity contribution in [1.29, 1.82) is 0 Å². The zero-order chi connectivity index (χ0) is 13.8. The summed E-state index contributed by atoms with van der Waals surface area (Å²) in [6.07, 6.45) is -1.74. The van der Waals surface area contributed by atoms with Crippen LogP contribution in [0.4, 0.5) is 4.39 Å². The molecule has 9 heteroatoms. The number of hydrogen-bond donors (Lipinski definition) is 4. The molecule has 2 aliphatic rings. The van der Waals surface area contributed by atoms with Crippen LogP contribution in [0.15, 0.2) is 11.0 Å². The van der Waals surface area contributed by atoms with Crippen LogP contribution < -0.4 is 11.0 Å². The minimum absolute atomic E-state index is 0.281. The molecule has 19 heavy (non-hydrogen) atoms. The molecule has 104 valence electrons. The zero-order valence-electron chi connectivity index (χ0n) is 9.67. The van der Waals surface area contributed by atoms with Gasteiger partial charge in [-0.25, -0.2) is 9.18 Å². The fourth-order valence-corrected chi connectivity index (χ4v) is 2.56. The topological polar surface area (TPSA) is 109 Å². The predicted octanol–water partition coefficient (Wildman–Crippen LogP) is -1.36. The highest BCUT2D eigenvalue weighted by atomic mass is 32.1. The third kappa shape index (κ3) is 1.77. The van der Waals surface area contributed by atoms with Crippen molar-refractivity contribution < 1.29 is 19.3 Å². The van der Waals surface area contributed by atoms with E-state index in [2.05, 4.69) is 22.5 Å². The molecular weight excluding hydrogens is 277 g/mol. The van der Waals surface area contributed by atoms with E-state index in [9.17, 15) is 14.3 Å². The summed E-state index contributed by atoms with van der Waals surface area (Å²) in [6.45, 7) is 0.0280. The fourth-order valence-electron chi connectivity index (χ4n) is 2.42. The molecule has 2 aliphatic heterocycles. The van der Waals surface area contributed by atoms with E-state index in [1.54, 1.807) is 0 Å². The van der Waals surface area contributed by atoms with Gasteiger partial charge in [-0.2, -0.15) is 0 Å². The molecule has 3 rings (SSSR count). The van der Waals surface area contributed by atoms with Gasteiger partial charge in [0.2, 0.25) is 0 Å². The molecule has 0 saturated carbocycles. The number of aromatic amines is 1. The summed E-state index contributed by atoms with van der Waals surface area (Å²) in [4.78, 5) is 14.0. The Kier molecular flexibility index (Phi) is 2.84. The number of halogens is 1. The van der Waals surface area contributed by atoms with Gasteiger partial charge >= 0.3 is 5.69 Å². The van der Waals surface area contributed by atoms with Crippen LogP contribution in [0.3, 0.4) is 0 Å². The standard InChI is InChI=1S/C10H12FN3O4S/c11-4-1-14(9(17)13-7(4)19)8-10(3-12-10)6(16)5(2-15)18-8/h1,5-6,8,12,15-16H,2-3H2,(H,13,17,19). The Balaban J connectivity index is 2.06. The lowest BCUT2D eigenvalue weighted by molar-refractivity contribution is -0.0473. The van der Waals surface area contributed by atoms with Gasteiger partial charge in [-0.15, -0.1) is 0 Å². The molecule has 4 unspecified atom stereocenters. The highest BCUT2D eigenvalue weighted by Gasteiger charge is 2.64. The largest absolute Gasteiger partial charge is 0.394 e. The van der Waals surface area contributed by atoms with Crippen molar-refractivity contribution in [2.45, 2.75) is 24.0 Å². The normalized spacial score (nSPS) is 36.9. The Morgan fingerprint density at radius 2 is 2.37 bits per heavy atom. The van der Waals surface area contributed by atoms with E-state index in [1.807, 2.05) is 0 Å². The molecule has 1 aromatic rings. The molecule has 0 aliphatic carbocycles. The van der Waals surface area contributed by atoms with Gasteiger partial charge in [-0.3, -0.25) is 9.55 Å². The number of nitrogens with one attached hydrogen (secondary N) is 2. The Morgan fingerprint density at radius 1 is 1.68 bits per heavy atom. The number of aliphatic hydroxyl groups excluding tert-OH is 2. The van der Waals surface area contributed by atoms with E-state index in [4.69, 9.17) is 9.84 Å². The average molecular weight is 289 g/mol. The van der Waals surface area contributed by atoms with E-state index in [0.29, 0.717) is 6.54 Å². The van der Waals surface area contributed by atoms with Crippen molar-refractivity contribution in [3.8, 4) is 0 Å². The Morgan fingerprint density at radius 3 is 2.95 bits per heavy atom. The second-order valence-electron chi connectivity index (χ2n) is 4.69. The lowest BCUT2D eigenvalue weighted by Gasteiger charge is -2.19. The second kappa shape index (κ2) is 4.18. The van der Waals surface area contributed by atoms with Crippen molar-refractivity contribution >= 4 is 12.2 Å². The predicted molar refractivity (Wildman–Crippen MR) is 63.6 cm³/mol. The van der Waals surface area contributed by atoms with Crippen molar-refractivity contribution in [3.63, 3.8) is 0 Å². The maximum atomic E-state index is 13.5. The first kappa shape index (κ1) is 12.9. The fraction of sp³-hybridized carbons (Fsp3) is 0.600. The number of nitrogens with zero attached hydrogens (tertiary/aromatic N) is 1. The molecule has 0 radical (unpaired) electrons. The van der Waals surface area contributed by atoms with Crippen molar-refractivity contribution in [2.24, 2.45) is 0 Å². The van der Waals surface area contributed by atoms with Crippen LogP contribution in [0.1, 0.15) is 6.23 Å². The maximum absolute atomic E-state index is 13.5. The van der Waals surface area contributed by atoms with Gasteiger partial charge in [0.15, 0.2) is 12.0 Å². The van der Waals surface area contributed by atoms with E-state index in [1.165, 1.54) is 0 Å².